The number of alkyl halides is 3. The van der Waals surface area contributed by atoms with E-state index < -0.39 is 11.9 Å². The number of ether oxygens (including phenoxy) is 1. The summed E-state index contributed by atoms with van der Waals surface area (Å²) in [6, 6.07) is 0. The van der Waals surface area contributed by atoms with E-state index in [1.807, 2.05) is 0 Å². The highest BCUT2D eigenvalue weighted by Crippen LogP contribution is 2.36. The highest BCUT2D eigenvalue weighted by Gasteiger charge is 2.38. The van der Waals surface area contributed by atoms with Gasteiger partial charge in [-0.1, -0.05) is 22.9 Å². The number of thiocarbonyl (C=S) groups is 1. The van der Waals surface area contributed by atoms with Crippen LogP contribution in [0.2, 0.25) is 4.47 Å². The van der Waals surface area contributed by atoms with Gasteiger partial charge in [-0.25, -0.2) is 4.98 Å². The van der Waals surface area contributed by atoms with Crippen LogP contribution in [0.3, 0.4) is 0 Å². The van der Waals surface area contributed by atoms with Crippen molar-refractivity contribution >= 4 is 40.2 Å². The Labute approximate surface area is 91.7 Å². The Bertz CT molecular complexity index is 362. The molecule has 0 saturated carbocycles. The summed E-state index contributed by atoms with van der Waals surface area (Å²) >= 11 is 10.6. The van der Waals surface area contributed by atoms with Crippen LogP contribution in [0.15, 0.2) is 0 Å². The van der Waals surface area contributed by atoms with Crippen molar-refractivity contribution in [2.75, 3.05) is 7.11 Å². The van der Waals surface area contributed by atoms with E-state index >= 15 is 0 Å². The summed E-state index contributed by atoms with van der Waals surface area (Å²) in [5.41, 5.74) is -1.10. The van der Waals surface area contributed by atoms with E-state index in [0.29, 0.717) is 11.3 Å². The Kier molecular flexibility index (Phi) is 3.33. The van der Waals surface area contributed by atoms with Crippen LogP contribution in [0.5, 0.6) is 0 Å². The molecule has 0 bridgehead atoms. The fourth-order valence-corrected chi connectivity index (χ4v) is 1.98. The molecule has 1 heterocycles. The molecular weight excluding hydrogens is 259 g/mol. The molecule has 0 atom stereocenters. The lowest BCUT2D eigenvalue weighted by Crippen LogP contribution is -2.11. The Hall–Kier alpha value is -0.400. The molecule has 0 radical (unpaired) electrons. The molecule has 78 valence electrons. The summed E-state index contributed by atoms with van der Waals surface area (Å²) in [7, 11) is 1.19. The molecule has 1 rings (SSSR count). The van der Waals surface area contributed by atoms with Crippen molar-refractivity contribution in [1.29, 1.82) is 0 Å². The van der Waals surface area contributed by atoms with Crippen molar-refractivity contribution < 1.29 is 17.9 Å². The Morgan fingerprint density at radius 3 is 2.57 bits per heavy atom. The van der Waals surface area contributed by atoms with Gasteiger partial charge in [-0.3, -0.25) is 0 Å². The monoisotopic (exact) mass is 261 g/mol. The number of rotatable bonds is 1. The van der Waals surface area contributed by atoms with Crippen molar-refractivity contribution in [2.45, 2.75) is 6.18 Å². The van der Waals surface area contributed by atoms with E-state index in [4.69, 9.17) is 11.6 Å². The molecule has 0 aliphatic carbocycles. The topological polar surface area (TPSA) is 22.1 Å². The van der Waals surface area contributed by atoms with E-state index in [-0.39, 0.29) is 14.4 Å². The summed E-state index contributed by atoms with van der Waals surface area (Å²) in [6.45, 7) is 0. The van der Waals surface area contributed by atoms with Crippen LogP contribution in [0, 0.1) is 0 Å². The first kappa shape index (κ1) is 11.7. The van der Waals surface area contributed by atoms with Crippen LogP contribution in [-0.4, -0.2) is 17.1 Å². The van der Waals surface area contributed by atoms with Crippen molar-refractivity contribution in [3.8, 4) is 0 Å². The highest BCUT2D eigenvalue weighted by atomic mass is 35.5. The summed E-state index contributed by atoms with van der Waals surface area (Å²) in [5.74, 6) is 0. The highest BCUT2D eigenvalue weighted by molar-refractivity contribution is 7.80. The molecular formula is C6H3ClF3NOS2. The summed E-state index contributed by atoms with van der Waals surface area (Å²) in [4.78, 5) is 2.88. The zero-order valence-corrected chi connectivity index (χ0v) is 9.07. The molecule has 0 N–H and O–H groups in total. The minimum atomic E-state index is -4.57. The lowest BCUT2D eigenvalue weighted by Gasteiger charge is -2.05. The molecule has 0 aliphatic rings. The number of hydrogen-bond acceptors (Lipinski definition) is 4. The standard InChI is InChI=1S/C6H3ClF3NOS2/c1-12-4(13)2-3(6(8,9)10)11-5(7)14-2/h1H3. The van der Waals surface area contributed by atoms with Gasteiger partial charge in [0.2, 0.25) is 5.05 Å². The zero-order valence-electron chi connectivity index (χ0n) is 6.68. The van der Waals surface area contributed by atoms with Crippen molar-refractivity contribution in [2.24, 2.45) is 0 Å². The van der Waals surface area contributed by atoms with Gasteiger partial charge in [-0.2, -0.15) is 13.2 Å². The maximum Gasteiger partial charge on any atom is 0.435 e. The third-order valence-electron chi connectivity index (χ3n) is 1.24. The smallest absolute Gasteiger partial charge is 0.435 e. The molecule has 14 heavy (non-hydrogen) atoms. The summed E-state index contributed by atoms with van der Waals surface area (Å²) < 4.78 is 41.3. The van der Waals surface area contributed by atoms with Gasteiger partial charge < -0.3 is 4.74 Å². The fourth-order valence-electron chi connectivity index (χ4n) is 0.717. The van der Waals surface area contributed by atoms with E-state index in [0.717, 1.165) is 0 Å². The average Bonchev–Trinajstić information content (AvgIpc) is 2.45. The molecule has 2 nitrogen and oxygen atoms in total. The lowest BCUT2D eigenvalue weighted by molar-refractivity contribution is -0.140. The van der Waals surface area contributed by atoms with Crippen molar-refractivity contribution in [3.05, 3.63) is 15.0 Å². The molecule has 0 spiro atoms. The number of halogens is 4. The second-order valence-corrected chi connectivity index (χ2v) is 4.09. The average molecular weight is 262 g/mol. The molecule has 1 aromatic heterocycles. The molecule has 0 unspecified atom stereocenters. The quantitative estimate of drug-likeness (QED) is 0.725. The fraction of sp³-hybridized carbons (Fsp3) is 0.333. The lowest BCUT2D eigenvalue weighted by atomic mass is 10.3. The first-order chi connectivity index (χ1) is 6.36. The zero-order chi connectivity index (χ0) is 10.9. The van der Waals surface area contributed by atoms with Crippen molar-refractivity contribution in [1.82, 2.24) is 4.98 Å². The molecule has 0 aliphatic heterocycles. The number of thiazole rings is 1. The summed E-state index contributed by atoms with van der Waals surface area (Å²) in [5, 5.41) is -0.262. The largest absolute Gasteiger partial charge is 0.486 e. The van der Waals surface area contributed by atoms with Gasteiger partial charge in [0.25, 0.3) is 0 Å². The Balaban J connectivity index is 3.23. The van der Waals surface area contributed by atoms with Crippen LogP contribution in [0.4, 0.5) is 13.2 Å². The van der Waals surface area contributed by atoms with Gasteiger partial charge in [0, 0.05) is 0 Å². The maximum absolute atomic E-state index is 12.3. The molecule has 0 fully saturated rings. The predicted molar refractivity (Wildman–Crippen MR) is 50.8 cm³/mol. The minimum absolute atomic E-state index is 0.216. The third-order valence-corrected chi connectivity index (χ3v) is 2.90. The number of hydrogen-bond donors (Lipinski definition) is 0. The van der Waals surface area contributed by atoms with Crippen LogP contribution < -0.4 is 0 Å². The van der Waals surface area contributed by atoms with E-state index in [2.05, 4.69) is 21.9 Å². The number of nitrogens with zero attached hydrogens (tertiary/aromatic N) is 1. The summed E-state index contributed by atoms with van der Waals surface area (Å²) in [6.07, 6.45) is -4.57. The normalized spacial score (nSPS) is 11.5. The first-order valence-electron chi connectivity index (χ1n) is 3.18. The molecule has 0 saturated heterocycles. The SMILES string of the molecule is COC(=S)c1sc(Cl)nc1C(F)(F)F. The van der Waals surface area contributed by atoms with Crippen LogP contribution >= 0.6 is 35.2 Å². The van der Waals surface area contributed by atoms with Crippen molar-refractivity contribution in [3.63, 3.8) is 0 Å². The third kappa shape index (κ3) is 2.34. The molecule has 1 aromatic rings. The van der Waals surface area contributed by atoms with Crippen LogP contribution in [-0.2, 0) is 10.9 Å². The van der Waals surface area contributed by atoms with Gasteiger partial charge in [0.1, 0.15) is 4.88 Å². The second-order valence-electron chi connectivity index (χ2n) is 2.13. The van der Waals surface area contributed by atoms with Gasteiger partial charge >= 0.3 is 6.18 Å². The second kappa shape index (κ2) is 4.00. The Morgan fingerprint density at radius 1 is 1.57 bits per heavy atom. The van der Waals surface area contributed by atoms with Gasteiger partial charge in [-0.05, 0) is 12.2 Å². The van der Waals surface area contributed by atoms with Crippen LogP contribution in [0.1, 0.15) is 10.6 Å². The minimum Gasteiger partial charge on any atom is -0.486 e. The predicted octanol–water partition coefficient (Wildman–Crippen LogP) is 3.14. The number of aromatic nitrogens is 1. The molecule has 8 heteroatoms. The van der Waals surface area contributed by atoms with Gasteiger partial charge in [0.05, 0.1) is 7.11 Å². The molecule has 0 amide bonds. The Morgan fingerprint density at radius 2 is 2.14 bits per heavy atom. The van der Waals surface area contributed by atoms with Gasteiger partial charge in [0.15, 0.2) is 10.2 Å². The van der Waals surface area contributed by atoms with E-state index in [1.165, 1.54) is 7.11 Å². The van der Waals surface area contributed by atoms with Gasteiger partial charge in [-0.15, -0.1) is 0 Å². The first-order valence-corrected chi connectivity index (χ1v) is 4.78. The maximum atomic E-state index is 12.3. The number of methoxy groups -OCH3 is 1. The van der Waals surface area contributed by atoms with Crippen LogP contribution in [0.25, 0.3) is 0 Å². The van der Waals surface area contributed by atoms with E-state index in [1.54, 1.807) is 0 Å². The molecule has 0 aromatic carbocycles. The van der Waals surface area contributed by atoms with E-state index in [9.17, 15) is 13.2 Å².